The highest BCUT2D eigenvalue weighted by molar-refractivity contribution is 6.05. The molecule has 0 bridgehead atoms. The molecule has 166 valence electrons. The number of nitrogens with one attached hydrogen (secondary N) is 3. The van der Waals surface area contributed by atoms with Crippen LogP contribution in [0.2, 0.25) is 0 Å². The molecule has 0 heterocycles. The molecule has 0 aliphatic heterocycles. The molecule has 1 unspecified atom stereocenters. The zero-order valence-corrected chi connectivity index (χ0v) is 17.8. The lowest BCUT2D eigenvalue weighted by molar-refractivity contribution is 0.102. The summed E-state index contributed by atoms with van der Waals surface area (Å²) in [5.74, 6) is -0.278. The van der Waals surface area contributed by atoms with E-state index in [4.69, 9.17) is 5.73 Å². The second kappa shape index (κ2) is 11.5. The van der Waals surface area contributed by atoms with E-state index >= 15 is 0 Å². The van der Waals surface area contributed by atoms with Gasteiger partial charge in [0.1, 0.15) is 0 Å². The van der Waals surface area contributed by atoms with Crippen molar-refractivity contribution < 1.29 is 14.7 Å². The Balaban J connectivity index is 1.56. The van der Waals surface area contributed by atoms with Gasteiger partial charge in [0.25, 0.3) is 5.91 Å². The maximum Gasteiger partial charge on any atom is 0.315 e. The van der Waals surface area contributed by atoms with Crippen LogP contribution >= 0.6 is 0 Å². The van der Waals surface area contributed by atoms with Crippen LogP contribution in [-0.2, 0) is 6.42 Å². The average Bonchev–Trinajstić information content (AvgIpc) is 2.81. The monoisotopic (exact) mass is 432 g/mol. The molecule has 0 radical (unpaired) electrons. The number of rotatable bonds is 9. The van der Waals surface area contributed by atoms with Crippen molar-refractivity contribution in [3.8, 4) is 0 Å². The van der Waals surface area contributed by atoms with Gasteiger partial charge in [0.15, 0.2) is 0 Å². The van der Waals surface area contributed by atoms with Crippen molar-refractivity contribution in [3.05, 3.63) is 95.6 Å². The summed E-state index contributed by atoms with van der Waals surface area (Å²) in [5, 5.41) is 17.9. The highest BCUT2D eigenvalue weighted by Crippen LogP contribution is 2.20. The number of carbonyl (C=O) groups excluding carboxylic acids is 2. The number of aliphatic hydroxyl groups excluding tert-OH is 1. The minimum Gasteiger partial charge on any atom is -0.397 e. The van der Waals surface area contributed by atoms with Crippen LogP contribution < -0.4 is 21.7 Å². The maximum atomic E-state index is 12.5. The predicted octanol–water partition coefficient (Wildman–Crippen LogP) is 3.49. The Morgan fingerprint density at radius 1 is 0.906 bits per heavy atom. The van der Waals surface area contributed by atoms with Gasteiger partial charge in [-0.05, 0) is 48.2 Å². The molecule has 32 heavy (non-hydrogen) atoms. The average molecular weight is 433 g/mol. The van der Waals surface area contributed by atoms with Crippen molar-refractivity contribution in [1.82, 2.24) is 10.6 Å². The molecule has 0 aliphatic rings. The first-order valence-corrected chi connectivity index (χ1v) is 10.5. The van der Waals surface area contributed by atoms with E-state index in [0.29, 0.717) is 29.9 Å². The summed E-state index contributed by atoms with van der Waals surface area (Å²) < 4.78 is 0. The molecule has 7 nitrogen and oxygen atoms in total. The molecule has 0 saturated heterocycles. The topological polar surface area (TPSA) is 116 Å². The lowest BCUT2D eigenvalue weighted by Crippen LogP contribution is -2.39. The molecular weight excluding hydrogens is 404 g/mol. The van der Waals surface area contributed by atoms with E-state index in [-0.39, 0.29) is 24.6 Å². The molecule has 1 atom stereocenters. The number of hydrogen-bond acceptors (Lipinski definition) is 4. The summed E-state index contributed by atoms with van der Waals surface area (Å²) in [6.45, 7) is 0.425. The third-order valence-corrected chi connectivity index (χ3v) is 5.05. The summed E-state index contributed by atoms with van der Waals surface area (Å²) >= 11 is 0. The van der Waals surface area contributed by atoms with Crippen LogP contribution in [0.25, 0.3) is 0 Å². The van der Waals surface area contributed by atoms with Gasteiger partial charge in [-0.2, -0.15) is 0 Å². The van der Waals surface area contributed by atoms with Crippen LogP contribution in [0.5, 0.6) is 0 Å². The number of nitrogen functional groups attached to an aromatic ring is 1. The predicted molar refractivity (Wildman–Crippen MR) is 126 cm³/mol. The molecule has 3 rings (SSSR count). The van der Waals surface area contributed by atoms with E-state index < -0.39 is 0 Å². The molecule has 0 saturated carbocycles. The fourth-order valence-corrected chi connectivity index (χ4v) is 3.30. The Labute approximate surface area is 187 Å². The van der Waals surface area contributed by atoms with Gasteiger partial charge >= 0.3 is 6.03 Å². The van der Waals surface area contributed by atoms with Crippen molar-refractivity contribution in [3.63, 3.8) is 0 Å². The van der Waals surface area contributed by atoms with Gasteiger partial charge in [-0.25, -0.2) is 4.79 Å². The lowest BCUT2D eigenvalue weighted by atomic mass is 10.0. The molecule has 3 amide bonds. The first-order valence-electron chi connectivity index (χ1n) is 10.5. The highest BCUT2D eigenvalue weighted by Gasteiger charge is 2.15. The van der Waals surface area contributed by atoms with Gasteiger partial charge in [0.2, 0.25) is 0 Å². The number of urea groups is 1. The Morgan fingerprint density at radius 3 is 2.28 bits per heavy atom. The van der Waals surface area contributed by atoms with Gasteiger partial charge in [0.05, 0.1) is 17.4 Å². The van der Waals surface area contributed by atoms with Gasteiger partial charge in [0, 0.05) is 18.7 Å². The van der Waals surface area contributed by atoms with E-state index in [0.717, 1.165) is 17.5 Å². The van der Waals surface area contributed by atoms with Crippen LogP contribution in [-0.4, -0.2) is 30.2 Å². The number of carbonyl (C=O) groups is 2. The van der Waals surface area contributed by atoms with Gasteiger partial charge < -0.3 is 26.8 Å². The molecular formula is C25H28N4O3. The van der Waals surface area contributed by atoms with Gasteiger partial charge in [-0.15, -0.1) is 0 Å². The molecule has 0 aromatic heterocycles. The van der Waals surface area contributed by atoms with Crippen LogP contribution in [0, 0.1) is 0 Å². The zero-order chi connectivity index (χ0) is 22.8. The number of para-hydroxylation sites is 2. The fraction of sp³-hybridized carbons (Fsp3) is 0.200. The Bertz CT molecular complexity index is 1020. The molecule has 3 aromatic rings. The normalized spacial score (nSPS) is 11.4. The van der Waals surface area contributed by atoms with E-state index in [1.807, 2.05) is 30.3 Å². The van der Waals surface area contributed by atoms with Crippen LogP contribution in [0.3, 0.4) is 0 Å². The third kappa shape index (κ3) is 6.58. The smallest absolute Gasteiger partial charge is 0.315 e. The van der Waals surface area contributed by atoms with E-state index in [9.17, 15) is 14.7 Å². The summed E-state index contributed by atoms with van der Waals surface area (Å²) in [4.78, 5) is 24.8. The second-order valence-corrected chi connectivity index (χ2v) is 7.36. The molecule has 0 fully saturated rings. The quantitative estimate of drug-likeness (QED) is 0.333. The van der Waals surface area contributed by atoms with Crippen LogP contribution in [0.1, 0.15) is 33.9 Å². The highest BCUT2D eigenvalue weighted by atomic mass is 16.3. The first kappa shape index (κ1) is 22.8. The Hall–Kier alpha value is -3.84. The molecule has 7 heteroatoms. The molecule has 3 aromatic carbocycles. The number of nitrogens with two attached hydrogens (primary N) is 1. The van der Waals surface area contributed by atoms with Crippen LogP contribution in [0.4, 0.5) is 16.2 Å². The summed E-state index contributed by atoms with van der Waals surface area (Å²) in [6.07, 6.45) is 1.09. The lowest BCUT2D eigenvalue weighted by Gasteiger charge is -2.19. The van der Waals surface area contributed by atoms with E-state index in [1.54, 1.807) is 48.5 Å². The Morgan fingerprint density at radius 2 is 1.59 bits per heavy atom. The number of anilines is 2. The number of hydrogen-bond donors (Lipinski definition) is 5. The first-order chi connectivity index (χ1) is 15.6. The van der Waals surface area contributed by atoms with Gasteiger partial charge in [-0.3, -0.25) is 4.79 Å². The SMILES string of the molecule is Nc1ccccc1NC(=O)c1ccc(C(CCO)NC(=O)NCCc2ccccc2)cc1. The molecule has 0 aliphatic carbocycles. The van der Waals surface area contributed by atoms with E-state index in [1.165, 1.54) is 0 Å². The van der Waals surface area contributed by atoms with Gasteiger partial charge in [-0.1, -0.05) is 54.6 Å². The van der Waals surface area contributed by atoms with Crippen molar-refractivity contribution in [2.24, 2.45) is 0 Å². The summed E-state index contributed by atoms with van der Waals surface area (Å²) in [7, 11) is 0. The zero-order valence-electron chi connectivity index (χ0n) is 17.8. The van der Waals surface area contributed by atoms with Crippen LogP contribution in [0.15, 0.2) is 78.9 Å². The fourth-order valence-electron chi connectivity index (χ4n) is 3.30. The van der Waals surface area contributed by atoms with E-state index in [2.05, 4.69) is 16.0 Å². The minimum atomic E-state index is -0.376. The molecule has 0 spiro atoms. The number of aliphatic hydroxyl groups is 1. The Kier molecular flexibility index (Phi) is 8.22. The number of amides is 3. The third-order valence-electron chi connectivity index (χ3n) is 5.05. The molecule has 6 N–H and O–H groups in total. The van der Waals surface area contributed by atoms with Crippen molar-refractivity contribution >= 4 is 23.3 Å². The summed E-state index contributed by atoms with van der Waals surface area (Å²) in [5.41, 5.74) is 9.32. The second-order valence-electron chi connectivity index (χ2n) is 7.36. The largest absolute Gasteiger partial charge is 0.397 e. The standard InChI is InChI=1S/C25H28N4O3/c26-21-8-4-5-9-23(21)28-24(31)20-12-10-19(11-13-20)22(15-17-30)29-25(32)27-16-14-18-6-2-1-3-7-18/h1-13,22,30H,14-17,26H2,(H,28,31)(H2,27,29,32). The van der Waals surface area contributed by atoms with Crippen molar-refractivity contribution in [2.75, 3.05) is 24.2 Å². The van der Waals surface area contributed by atoms with Crippen molar-refractivity contribution in [1.29, 1.82) is 0 Å². The maximum absolute atomic E-state index is 12.5. The minimum absolute atomic E-state index is 0.0789. The number of benzene rings is 3. The van der Waals surface area contributed by atoms with Crippen molar-refractivity contribution in [2.45, 2.75) is 18.9 Å². The summed E-state index contributed by atoms with van der Waals surface area (Å²) in [6, 6.07) is 23.2.